The van der Waals surface area contributed by atoms with Crippen molar-refractivity contribution >= 4 is 23.5 Å². The van der Waals surface area contributed by atoms with E-state index in [1.54, 1.807) is 20.8 Å². The van der Waals surface area contributed by atoms with Gasteiger partial charge in [0.1, 0.15) is 5.69 Å². The zero-order valence-corrected chi connectivity index (χ0v) is 36.3. The van der Waals surface area contributed by atoms with E-state index < -0.39 is 104 Å². The second-order valence-corrected chi connectivity index (χ2v) is 15.6. The maximum absolute atomic E-state index is 14.6. The summed E-state index contributed by atoms with van der Waals surface area (Å²) in [7, 11) is 0. The minimum absolute atomic E-state index is 0.00600. The number of unbranched alkanes of at least 4 members (excludes halogenated alkanes) is 1. The van der Waals surface area contributed by atoms with Gasteiger partial charge in [0.15, 0.2) is 45.7 Å². The highest BCUT2D eigenvalue weighted by atomic mass is 19.4. The Morgan fingerprint density at radius 3 is 1.59 bits per heavy atom. The molecule has 0 saturated carbocycles. The number of carbonyl (C=O) groups is 4. The van der Waals surface area contributed by atoms with Gasteiger partial charge in [-0.25, -0.2) is 9.59 Å². The fraction of sp³-hybridized carbons (Fsp3) is 0.340. The molecule has 1 heterocycles. The van der Waals surface area contributed by atoms with E-state index in [1.165, 1.54) is 18.2 Å². The number of aromatic hydroxyl groups is 6. The number of aromatic nitrogens is 2. The molecule has 0 aliphatic rings. The number of ether oxygens (including phenoxy) is 3. The second-order valence-electron chi connectivity index (χ2n) is 15.6. The molecule has 352 valence electrons. The number of ketones is 2. The first kappa shape index (κ1) is 49.6. The maximum atomic E-state index is 14.6. The van der Waals surface area contributed by atoms with Crippen LogP contribution < -0.4 is 14.2 Å². The molecule has 5 rings (SSSR count). The predicted octanol–water partition coefficient (Wildman–Crippen LogP) is 9.18. The van der Waals surface area contributed by atoms with Gasteiger partial charge in [0.05, 0.1) is 16.8 Å². The van der Waals surface area contributed by atoms with Crippen molar-refractivity contribution in [1.29, 1.82) is 0 Å². The van der Waals surface area contributed by atoms with Crippen molar-refractivity contribution in [3.8, 4) is 51.7 Å². The van der Waals surface area contributed by atoms with Crippen LogP contribution in [-0.2, 0) is 19.0 Å². The molecule has 0 aliphatic heterocycles. The molecule has 0 saturated heterocycles. The number of benzene rings is 4. The minimum atomic E-state index is -4.49. The number of alkyl halides is 3. The van der Waals surface area contributed by atoms with Crippen LogP contribution in [0.5, 0.6) is 51.7 Å². The fourth-order valence-electron chi connectivity index (χ4n) is 7.34. The van der Waals surface area contributed by atoms with E-state index in [2.05, 4.69) is 10.2 Å². The van der Waals surface area contributed by atoms with Gasteiger partial charge in [-0.3, -0.25) is 14.7 Å². The van der Waals surface area contributed by atoms with E-state index in [1.807, 2.05) is 6.92 Å². The van der Waals surface area contributed by atoms with Crippen molar-refractivity contribution in [2.75, 3.05) is 0 Å². The molecule has 8 N–H and O–H groups in total. The quantitative estimate of drug-likeness (QED) is 0.0148. The number of carboxylic acids is 1. The number of rotatable bonds is 21. The van der Waals surface area contributed by atoms with Crippen LogP contribution in [0, 0.1) is 0 Å². The smallest absolute Gasteiger partial charge is 0.416 e. The molecule has 0 bridgehead atoms. The van der Waals surface area contributed by atoms with Gasteiger partial charge in [0.2, 0.25) is 28.8 Å². The number of halogens is 3. The maximum Gasteiger partial charge on any atom is 0.416 e. The Balaban J connectivity index is 1.43. The molecule has 0 spiro atoms. The standard InChI is InChI=1S/C47H49F3N2O14/c1-5-9-17-46(8-4,66-37-23-28(43(61)62)20-34(55)40(37)58)42(60)27-19-33(54)39(57)36(22-27)65-45(7-3,16-6-2)41(59)26-18-32(53)38(56)35(21-26)64-44(63)31-24-30(51-52-31)15-12-25-10-13-29(14-11-25)47(48,49)50/h10-11,13-14,18-24,53-58H,5-9,12,15-17H2,1-4H3,(H,51,52)(H,61,62). The van der Waals surface area contributed by atoms with E-state index in [4.69, 9.17) is 14.2 Å². The van der Waals surface area contributed by atoms with Crippen LogP contribution in [0.25, 0.3) is 0 Å². The molecule has 19 heteroatoms. The molecule has 16 nitrogen and oxygen atoms in total. The Bertz CT molecular complexity index is 2610. The van der Waals surface area contributed by atoms with Gasteiger partial charge in [-0.15, -0.1) is 0 Å². The second kappa shape index (κ2) is 20.2. The van der Waals surface area contributed by atoms with Crippen molar-refractivity contribution < 1.29 is 82.3 Å². The van der Waals surface area contributed by atoms with Crippen LogP contribution >= 0.6 is 0 Å². The number of esters is 1. The van der Waals surface area contributed by atoms with Gasteiger partial charge in [0.25, 0.3) is 0 Å². The summed E-state index contributed by atoms with van der Waals surface area (Å²) < 4.78 is 56.6. The molecule has 0 radical (unpaired) electrons. The molecule has 2 unspecified atom stereocenters. The van der Waals surface area contributed by atoms with Crippen LogP contribution in [0.2, 0.25) is 0 Å². The average Bonchev–Trinajstić information content (AvgIpc) is 3.77. The third-order valence-corrected chi connectivity index (χ3v) is 11.1. The van der Waals surface area contributed by atoms with E-state index in [-0.39, 0.29) is 61.8 Å². The lowest BCUT2D eigenvalue weighted by Gasteiger charge is -2.34. The first-order chi connectivity index (χ1) is 31.1. The molecule has 0 aliphatic carbocycles. The first-order valence-electron chi connectivity index (χ1n) is 20.9. The van der Waals surface area contributed by atoms with Crippen molar-refractivity contribution in [3.05, 3.63) is 106 Å². The number of carboxylic acid groups (broad SMARTS) is 1. The van der Waals surface area contributed by atoms with Crippen molar-refractivity contribution in [2.24, 2.45) is 0 Å². The number of nitrogens with zero attached hydrogens (tertiary/aromatic N) is 1. The highest BCUT2D eigenvalue weighted by Gasteiger charge is 2.43. The molecular weight excluding hydrogens is 874 g/mol. The van der Waals surface area contributed by atoms with E-state index in [9.17, 15) is 68.1 Å². The number of aryl methyl sites for hydroxylation is 2. The summed E-state index contributed by atoms with van der Waals surface area (Å²) in [4.78, 5) is 54.1. The Morgan fingerprint density at radius 2 is 1.11 bits per heavy atom. The van der Waals surface area contributed by atoms with Crippen molar-refractivity contribution in [1.82, 2.24) is 10.2 Å². The third-order valence-electron chi connectivity index (χ3n) is 11.1. The highest BCUT2D eigenvalue weighted by Crippen LogP contribution is 2.46. The number of carbonyl (C=O) groups excluding carboxylic acids is 3. The van der Waals surface area contributed by atoms with Gasteiger partial charge in [-0.2, -0.15) is 18.3 Å². The number of phenolic OH excluding ortho intramolecular Hbond substituents is 6. The Hall–Kier alpha value is -7.44. The van der Waals surface area contributed by atoms with Crippen LogP contribution in [0.1, 0.15) is 131 Å². The van der Waals surface area contributed by atoms with E-state index in [0.29, 0.717) is 24.1 Å². The lowest BCUT2D eigenvalue weighted by molar-refractivity contribution is -0.137. The van der Waals surface area contributed by atoms with Gasteiger partial charge >= 0.3 is 18.1 Å². The number of H-pyrrole nitrogens is 1. The van der Waals surface area contributed by atoms with Gasteiger partial charge in [-0.05, 0) is 105 Å². The Morgan fingerprint density at radius 1 is 0.621 bits per heavy atom. The Labute approximate surface area is 375 Å². The predicted molar refractivity (Wildman–Crippen MR) is 229 cm³/mol. The lowest BCUT2D eigenvalue weighted by Crippen LogP contribution is -2.45. The van der Waals surface area contributed by atoms with E-state index in [0.717, 1.165) is 48.5 Å². The van der Waals surface area contributed by atoms with Crippen LogP contribution in [0.3, 0.4) is 0 Å². The molecule has 5 aromatic rings. The van der Waals surface area contributed by atoms with Crippen LogP contribution in [-0.4, -0.2) is 80.7 Å². The van der Waals surface area contributed by atoms with Gasteiger partial charge < -0.3 is 50.0 Å². The monoisotopic (exact) mass is 922 g/mol. The molecule has 1 aromatic heterocycles. The largest absolute Gasteiger partial charge is 0.504 e. The van der Waals surface area contributed by atoms with Gasteiger partial charge in [0, 0.05) is 11.1 Å². The summed E-state index contributed by atoms with van der Waals surface area (Å²) in [5.41, 5.74) is -4.88. The Kier molecular flexibility index (Phi) is 15.1. The number of hydrogen-bond donors (Lipinski definition) is 8. The number of nitrogens with one attached hydrogen (secondary N) is 1. The normalized spacial score (nSPS) is 13.3. The zero-order valence-electron chi connectivity index (χ0n) is 36.3. The van der Waals surface area contributed by atoms with Crippen LogP contribution in [0.4, 0.5) is 13.2 Å². The zero-order chi connectivity index (χ0) is 48.7. The summed E-state index contributed by atoms with van der Waals surface area (Å²) in [5.74, 6) is -11.0. The molecule has 66 heavy (non-hydrogen) atoms. The number of Topliss-reactive ketones (excluding diaryl/α,β-unsaturated/α-hetero) is 2. The first-order valence-corrected chi connectivity index (χ1v) is 20.9. The molecule has 2 atom stereocenters. The topological polar surface area (TPSA) is 266 Å². The summed E-state index contributed by atoms with van der Waals surface area (Å²) in [6.07, 6.45) is -2.98. The number of phenols is 6. The SMILES string of the molecule is CCCCC(CC)(Oc1cc(C(=O)O)cc(O)c1O)C(=O)c1cc(O)c(O)c(OC(CC)(CCC)C(=O)c2cc(O)c(O)c(OC(=O)c3cc(CCc4ccc(C(F)(F)F)cc4)n[nH]3)c2)c1. The summed E-state index contributed by atoms with van der Waals surface area (Å²) in [6.45, 7) is 6.71. The van der Waals surface area contributed by atoms with Crippen LogP contribution in [0.15, 0.2) is 66.7 Å². The van der Waals surface area contributed by atoms with Crippen molar-refractivity contribution in [3.63, 3.8) is 0 Å². The average molecular weight is 923 g/mol. The lowest BCUT2D eigenvalue weighted by atomic mass is 9.84. The number of hydrogen-bond acceptors (Lipinski definition) is 14. The summed E-state index contributed by atoms with van der Waals surface area (Å²) in [5, 5.41) is 80.6. The summed E-state index contributed by atoms with van der Waals surface area (Å²) >= 11 is 0. The highest BCUT2D eigenvalue weighted by molar-refractivity contribution is 6.05. The molecular formula is C47H49F3N2O14. The molecule has 4 aromatic carbocycles. The number of aromatic carboxylic acids is 1. The van der Waals surface area contributed by atoms with Gasteiger partial charge in [-0.1, -0.05) is 52.7 Å². The summed E-state index contributed by atoms with van der Waals surface area (Å²) in [6, 6.07) is 11.5. The molecule has 0 amide bonds. The minimum Gasteiger partial charge on any atom is -0.504 e. The number of aromatic amines is 1. The fourth-order valence-corrected chi connectivity index (χ4v) is 7.34. The van der Waals surface area contributed by atoms with E-state index >= 15 is 0 Å². The van der Waals surface area contributed by atoms with Crippen molar-refractivity contribution in [2.45, 2.75) is 103 Å². The molecule has 0 fully saturated rings. The third kappa shape index (κ3) is 10.7.